The summed E-state index contributed by atoms with van der Waals surface area (Å²) in [6, 6.07) is 7.07. The van der Waals surface area contributed by atoms with Gasteiger partial charge >= 0.3 is 0 Å². The highest BCUT2D eigenvalue weighted by molar-refractivity contribution is 7.90. The molecule has 1 fully saturated rings. The second-order valence-corrected chi connectivity index (χ2v) is 9.59. The fraction of sp³-hybridized carbons (Fsp3) is 0.667. The maximum atomic E-state index is 11.5. The molecule has 0 aromatic heterocycles. The van der Waals surface area contributed by atoms with Crippen LogP contribution < -0.4 is 10.6 Å². The van der Waals surface area contributed by atoms with E-state index in [1.807, 2.05) is 12.1 Å². The van der Waals surface area contributed by atoms with Gasteiger partial charge in [0.05, 0.1) is 4.90 Å². The van der Waals surface area contributed by atoms with Crippen LogP contribution in [0.2, 0.25) is 0 Å². The minimum absolute atomic E-state index is 0.360. The van der Waals surface area contributed by atoms with Gasteiger partial charge < -0.3 is 20.4 Å². The van der Waals surface area contributed by atoms with E-state index in [0.29, 0.717) is 4.90 Å². The lowest BCUT2D eigenvalue weighted by Gasteiger charge is -2.34. The average Bonchev–Trinajstić information content (AvgIpc) is 2.72. The Balaban J connectivity index is 1.57. The summed E-state index contributed by atoms with van der Waals surface area (Å²) in [7, 11) is -1.35. The minimum atomic E-state index is -3.13. The summed E-state index contributed by atoms with van der Waals surface area (Å²) in [5, 5.41) is 6.69. The van der Waals surface area contributed by atoms with Gasteiger partial charge in [0.1, 0.15) is 0 Å². The third-order valence-electron chi connectivity index (χ3n) is 5.39. The SMILES string of the molecule is CCN1CCN(CCCCNC(=NC)NCCc2ccc(S(C)(=O)=O)cc2)CC1. The molecule has 1 aromatic rings. The number of sulfone groups is 1. The first kappa shape index (κ1) is 23.6. The zero-order chi connectivity index (χ0) is 21.1. The van der Waals surface area contributed by atoms with Crippen LogP contribution in [0.1, 0.15) is 25.3 Å². The summed E-state index contributed by atoms with van der Waals surface area (Å²) in [4.78, 5) is 9.70. The van der Waals surface area contributed by atoms with Crippen LogP contribution in [0.3, 0.4) is 0 Å². The van der Waals surface area contributed by atoms with E-state index in [1.165, 1.54) is 45.4 Å². The van der Waals surface area contributed by atoms with E-state index in [0.717, 1.165) is 44.0 Å². The minimum Gasteiger partial charge on any atom is -0.356 e. The normalized spacial score (nSPS) is 16.7. The number of rotatable bonds is 10. The Kier molecular flexibility index (Phi) is 9.90. The van der Waals surface area contributed by atoms with Crippen molar-refractivity contribution in [2.75, 3.05) is 65.7 Å². The highest BCUT2D eigenvalue weighted by atomic mass is 32.2. The van der Waals surface area contributed by atoms with Gasteiger partial charge in [0.15, 0.2) is 15.8 Å². The lowest BCUT2D eigenvalue weighted by Crippen LogP contribution is -2.46. The van der Waals surface area contributed by atoms with E-state index in [2.05, 4.69) is 32.3 Å². The van der Waals surface area contributed by atoms with Crippen molar-refractivity contribution in [3.05, 3.63) is 29.8 Å². The van der Waals surface area contributed by atoms with Gasteiger partial charge in [-0.2, -0.15) is 0 Å². The number of likely N-dealkylation sites (N-methyl/N-ethyl adjacent to an activating group) is 1. The van der Waals surface area contributed by atoms with Crippen LogP contribution in [-0.2, 0) is 16.3 Å². The largest absolute Gasteiger partial charge is 0.356 e. The highest BCUT2D eigenvalue weighted by Crippen LogP contribution is 2.10. The predicted molar refractivity (Wildman–Crippen MR) is 120 cm³/mol. The van der Waals surface area contributed by atoms with E-state index < -0.39 is 9.84 Å². The fourth-order valence-corrected chi connectivity index (χ4v) is 4.08. The van der Waals surface area contributed by atoms with Crippen molar-refractivity contribution >= 4 is 15.8 Å². The molecule has 0 radical (unpaired) electrons. The first-order chi connectivity index (χ1) is 13.9. The molecule has 1 saturated heterocycles. The summed E-state index contributed by atoms with van der Waals surface area (Å²) in [6.07, 6.45) is 4.37. The van der Waals surface area contributed by atoms with Crippen molar-refractivity contribution in [2.24, 2.45) is 4.99 Å². The molecule has 2 N–H and O–H groups in total. The molecular formula is C21H37N5O2S. The maximum Gasteiger partial charge on any atom is 0.190 e. The topological polar surface area (TPSA) is 77.0 Å². The van der Waals surface area contributed by atoms with E-state index in [4.69, 9.17) is 0 Å². The lowest BCUT2D eigenvalue weighted by atomic mass is 10.1. The van der Waals surface area contributed by atoms with Crippen LogP contribution >= 0.6 is 0 Å². The fourth-order valence-electron chi connectivity index (χ4n) is 3.45. The smallest absolute Gasteiger partial charge is 0.190 e. The summed E-state index contributed by atoms with van der Waals surface area (Å²) in [5.41, 5.74) is 1.10. The van der Waals surface area contributed by atoms with Crippen LogP contribution in [0, 0.1) is 0 Å². The lowest BCUT2D eigenvalue weighted by molar-refractivity contribution is 0.136. The highest BCUT2D eigenvalue weighted by Gasteiger charge is 2.14. The first-order valence-corrected chi connectivity index (χ1v) is 12.5. The number of aliphatic imine (C=N–C) groups is 1. The van der Waals surface area contributed by atoms with Crippen LogP contribution in [0.25, 0.3) is 0 Å². The molecule has 1 aromatic carbocycles. The molecule has 1 aliphatic heterocycles. The molecule has 29 heavy (non-hydrogen) atoms. The number of unbranched alkanes of at least 4 members (excludes halogenated alkanes) is 1. The molecule has 7 nitrogen and oxygen atoms in total. The predicted octanol–water partition coefficient (Wildman–Crippen LogP) is 1.22. The van der Waals surface area contributed by atoms with Gasteiger partial charge in [0, 0.05) is 52.6 Å². The molecule has 164 valence electrons. The van der Waals surface area contributed by atoms with Gasteiger partial charge in [-0.15, -0.1) is 0 Å². The van der Waals surface area contributed by atoms with Gasteiger partial charge in [0.25, 0.3) is 0 Å². The van der Waals surface area contributed by atoms with Gasteiger partial charge in [-0.3, -0.25) is 4.99 Å². The number of nitrogens with zero attached hydrogens (tertiary/aromatic N) is 3. The van der Waals surface area contributed by atoms with Crippen LogP contribution in [0.4, 0.5) is 0 Å². The number of hydrogen-bond donors (Lipinski definition) is 2. The number of piperazine rings is 1. The Morgan fingerprint density at radius 3 is 2.21 bits per heavy atom. The standard InChI is InChI=1S/C21H37N5O2S/c1-4-25-15-17-26(18-16-25)14-6-5-12-23-21(22-2)24-13-11-19-7-9-20(10-8-19)29(3,27)28/h7-10H,4-6,11-18H2,1-3H3,(H2,22,23,24). The van der Waals surface area contributed by atoms with Gasteiger partial charge in [-0.25, -0.2) is 8.42 Å². The van der Waals surface area contributed by atoms with Gasteiger partial charge in [-0.05, 0) is 50.0 Å². The Morgan fingerprint density at radius 2 is 1.62 bits per heavy atom. The van der Waals surface area contributed by atoms with Crippen LogP contribution in [0.15, 0.2) is 34.2 Å². The number of nitrogens with one attached hydrogen (secondary N) is 2. The maximum absolute atomic E-state index is 11.5. The number of hydrogen-bond acceptors (Lipinski definition) is 5. The molecule has 1 heterocycles. The van der Waals surface area contributed by atoms with Crippen LogP contribution in [0.5, 0.6) is 0 Å². The van der Waals surface area contributed by atoms with Crippen LogP contribution in [-0.4, -0.2) is 89.8 Å². The third-order valence-corrected chi connectivity index (χ3v) is 6.52. The molecule has 0 saturated carbocycles. The molecule has 0 spiro atoms. The zero-order valence-corrected chi connectivity index (χ0v) is 19.0. The van der Waals surface area contributed by atoms with Gasteiger partial charge in [-0.1, -0.05) is 19.1 Å². The molecule has 1 aliphatic rings. The second-order valence-electron chi connectivity index (χ2n) is 7.57. The Morgan fingerprint density at radius 1 is 1.00 bits per heavy atom. The van der Waals surface area contributed by atoms with Crippen molar-refractivity contribution in [3.63, 3.8) is 0 Å². The van der Waals surface area contributed by atoms with Crippen molar-refractivity contribution in [1.82, 2.24) is 20.4 Å². The Bertz CT molecular complexity index is 726. The van der Waals surface area contributed by atoms with Gasteiger partial charge in [0.2, 0.25) is 0 Å². The summed E-state index contributed by atoms with van der Waals surface area (Å²) in [5.74, 6) is 0.814. The molecule has 8 heteroatoms. The summed E-state index contributed by atoms with van der Waals surface area (Å²) < 4.78 is 23.0. The summed E-state index contributed by atoms with van der Waals surface area (Å²) >= 11 is 0. The van der Waals surface area contributed by atoms with Crippen molar-refractivity contribution in [2.45, 2.75) is 31.1 Å². The number of guanidine groups is 1. The molecule has 2 rings (SSSR count). The second kappa shape index (κ2) is 12.1. The molecular weight excluding hydrogens is 386 g/mol. The molecule has 0 unspecified atom stereocenters. The Hall–Kier alpha value is -1.64. The third kappa shape index (κ3) is 8.72. The molecule has 0 atom stereocenters. The first-order valence-electron chi connectivity index (χ1n) is 10.6. The average molecular weight is 424 g/mol. The van der Waals surface area contributed by atoms with E-state index in [-0.39, 0.29) is 0 Å². The molecule has 0 amide bonds. The Labute approximate surface area is 176 Å². The van der Waals surface area contributed by atoms with E-state index in [1.54, 1.807) is 19.2 Å². The summed E-state index contributed by atoms with van der Waals surface area (Å²) in [6.45, 7) is 11.0. The quantitative estimate of drug-likeness (QED) is 0.335. The monoisotopic (exact) mass is 423 g/mol. The molecule has 0 bridgehead atoms. The van der Waals surface area contributed by atoms with Crippen molar-refractivity contribution in [3.8, 4) is 0 Å². The van der Waals surface area contributed by atoms with Crippen molar-refractivity contribution < 1.29 is 8.42 Å². The molecule has 0 aliphatic carbocycles. The number of benzene rings is 1. The van der Waals surface area contributed by atoms with E-state index in [9.17, 15) is 8.42 Å². The van der Waals surface area contributed by atoms with Crippen molar-refractivity contribution in [1.29, 1.82) is 0 Å². The van der Waals surface area contributed by atoms with E-state index >= 15 is 0 Å². The zero-order valence-electron chi connectivity index (χ0n) is 18.2.